The van der Waals surface area contributed by atoms with E-state index in [2.05, 4.69) is 6.07 Å². The van der Waals surface area contributed by atoms with Gasteiger partial charge < -0.3 is 0 Å². The van der Waals surface area contributed by atoms with Gasteiger partial charge >= 0.3 is 0 Å². The van der Waals surface area contributed by atoms with Gasteiger partial charge in [0, 0.05) is 0 Å². The molecule has 0 aromatic heterocycles. The highest BCUT2D eigenvalue weighted by Crippen LogP contribution is 2.31. The van der Waals surface area contributed by atoms with Crippen LogP contribution in [0.2, 0.25) is 0 Å². The second-order valence-corrected chi connectivity index (χ2v) is 7.73. The topological polar surface area (TPSA) is 57.9 Å². The number of benzene rings is 1. The number of hydrogen-bond donors (Lipinski definition) is 0. The molecule has 0 N–H and O–H groups in total. The number of rotatable bonds is 3. The van der Waals surface area contributed by atoms with E-state index in [0.717, 1.165) is 44.1 Å². The minimum absolute atomic E-state index is 0.0196. The lowest BCUT2D eigenvalue weighted by atomic mass is 9.97. The Hall–Kier alpha value is -1.34. The third-order valence-electron chi connectivity index (χ3n) is 4.14. The van der Waals surface area contributed by atoms with Gasteiger partial charge in [-0.15, -0.1) is 0 Å². The molecule has 0 amide bonds. The van der Waals surface area contributed by atoms with Gasteiger partial charge in [-0.25, -0.2) is 8.42 Å². The van der Waals surface area contributed by atoms with Crippen LogP contribution in [0.1, 0.15) is 44.1 Å². The molecular formula is C16H21NO2S. The first-order valence-corrected chi connectivity index (χ1v) is 8.80. The molecule has 2 rings (SSSR count). The molecule has 1 aliphatic rings. The van der Waals surface area contributed by atoms with Crippen molar-refractivity contribution in [1.29, 1.82) is 5.26 Å². The van der Waals surface area contributed by atoms with Crippen LogP contribution >= 0.6 is 0 Å². The summed E-state index contributed by atoms with van der Waals surface area (Å²) in [6, 6.07) is 8.87. The molecule has 1 aromatic rings. The Balaban J connectivity index is 2.29. The van der Waals surface area contributed by atoms with Crippen molar-refractivity contribution in [3.05, 3.63) is 29.8 Å². The van der Waals surface area contributed by atoms with Crippen molar-refractivity contribution in [2.75, 3.05) is 0 Å². The summed E-state index contributed by atoms with van der Waals surface area (Å²) in [7, 11) is -3.54. The van der Waals surface area contributed by atoms with Gasteiger partial charge in [0.15, 0.2) is 15.1 Å². The maximum absolute atomic E-state index is 12.7. The van der Waals surface area contributed by atoms with E-state index in [1.165, 1.54) is 0 Å². The molecule has 0 bridgehead atoms. The summed E-state index contributed by atoms with van der Waals surface area (Å²) in [5.41, 5.74) is 1.02. The Bertz CT molecular complexity index is 576. The van der Waals surface area contributed by atoms with Gasteiger partial charge in [-0.3, -0.25) is 0 Å². The fourth-order valence-electron chi connectivity index (χ4n) is 2.92. The summed E-state index contributed by atoms with van der Waals surface area (Å²) in [5, 5.41) is 8.49. The van der Waals surface area contributed by atoms with Crippen LogP contribution in [0, 0.1) is 24.2 Å². The Morgan fingerprint density at radius 2 is 1.65 bits per heavy atom. The Morgan fingerprint density at radius 3 is 2.15 bits per heavy atom. The van der Waals surface area contributed by atoms with E-state index in [9.17, 15) is 13.7 Å². The molecule has 1 fully saturated rings. The van der Waals surface area contributed by atoms with Crippen molar-refractivity contribution in [2.24, 2.45) is 5.92 Å². The van der Waals surface area contributed by atoms with Gasteiger partial charge in [0.2, 0.25) is 0 Å². The zero-order valence-corrected chi connectivity index (χ0v) is 12.7. The maximum Gasteiger partial charge on any atom is 0.194 e. The van der Waals surface area contributed by atoms with Crippen molar-refractivity contribution >= 4 is 9.84 Å². The van der Waals surface area contributed by atoms with Crippen LogP contribution in [-0.2, 0) is 9.84 Å². The third kappa shape index (κ3) is 3.21. The molecule has 108 valence electrons. The second-order valence-electron chi connectivity index (χ2n) is 5.66. The third-order valence-corrected chi connectivity index (χ3v) is 6.23. The van der Waals surface area contributed by atoms with Gasteiger partial charge in [0.25, 0.3) is 0 Å². The lowest BCUT2D eigenvalue weighted by molar-refractivity contribution is 0.459. The molecule has 1 aromatic carbocycles. The highest BCUT2D eigenvalue weighted by Gasteiger charge is 2.34. The minimum Gasteiger partial charge on any atom is -0.222 e. The molecule has 1 aliphatic carbocycles. The number of nitrogens with zero attached hydrogens (tertiary/aromatic N) is 1. The molecule has 1 saturated carbocycles. The molecule has 4 heteroatoms. The Labute approximate surface area is 121 Å². The lowest BCUT2D eigenvalue weighted by Crippen LogP contribution is -2.28. The van der Waals surface area contributed by atoms with Crippen LogP contribution in [0.5, 0.6) is 0 Å². The van der Waals surface area contributed by atoms with Crippen LogP contribution in [0.15, 0.2) is 29.2 Å². The first-order valence-electron chi connectivity index (χ1n) is 7.26. The van der Waals surface area contributed by atoms with E-state index in [1.54, 1.807) is 24.3 Å². The van der Waals surface area contributed by atoms with E-state index in [-0.39, 0.29) is 10.8 Å². The van der Waals surface area contributed by atoms with E-state index in [4.69, 9.17) is 0 Å². The fraction of sp³-hybridized carbons (Fsp3) is 0.562. The zero-order valence-electron chi connectivity index (χ0n) is 11.9. The zero-order chi connectivity index (χ0) is 14.6. The summed E-state index contributed by atoms with van der Waals surface area (Å²) in [6.45, 7) is 1.92. The molecule has 1 unspecified atom stereocenters. The second kappa shape index (κ2) is 6.41. The monoisotopic (exact) mass is 291 g/mol. The fourth-order valence-corrected chi connectivity index (χ4v) is 4.64. The predicted octanol–water partition coefficient (Wildman–Crippen LogP) is 3.63. The molecule has 0 heterocycles. The van der Waals surface area contributed by atoms with Crippen LogP contribution in [0.4, 0.5) is 0 Å². The van der Waals surface area contributed by atoms with Gasteiger partial charge in [0.1, 0.15) is 0 Å². The average Bonchev–Trinajstić information content (AvgIpc) is 2.69. The summed E-state index contributed by atoms with van der Waals surface area (Å²) in [6.07, 6.45) is 6.07. The standard InChI is InChI=1S/C16H21NO2S/c1-13-8-10-15(11-9-13)20(18,19)16(12-17)14-6-4-2-3-5-7-14/h8-11,14,16H,2-7H2,1H3. The van der Waals surface area contributed by atoms with E-state index < -0.39 is 15.1 Å². The van der Waals surface area contributed by atoms with E-state index >= 15 is 0 Å². The Kier molecular flexibility index (Phi) is 4.82. The quantitative estimate of drug-likeness (QED) is 0.799. The molecule has 3 nitrogen and oxygen atoms in total. The van der Waals surface area contributed by atoms with Crippen LogP contribution in [0.25, 0.3) is 0 Å². The van der Waals surface area contributed by atoms with Gasteiger partial charge in [-0.05, 0) is 37.8 Å². The van der Waals surface area contributed by atoms with Crippen LogP contribution < -0.4 is 0 Å². The molecule has 0 saturated heterocycles. The highest BCUT2D eigenvalue weighted by molar-refractivity contribution is 7.92. The SMILES string of the molecule is Cc1ccc(S(=O)(=O)C(C#N)C2CCCCCC2)cc1. The summed E-state index contributed by atoms with van der Waals surface area (Å²) in [4.78, 5) is 0.277. The van der Waals surface area contributed by atoms with Crippen molar-refractivity contribution in [3.8, 4) is 6.07 Å². The average molecular weight is 291 g/mol. The summed E-state index contributed by atoms with van der Waals surface area (Å²) < 4.78 is 25.3. The van der Waals surface area contributed by atoms with E-state index in [0.29, 0.717) is 0 Å². The predicted molar refractivity (Wildman–Crippen MR) is 79.0 cm³/mol. The molecule has 1 atom stereocenters. The molecule has 20 heavy (non-hydrogen) atoms. The lowest BCUT2D eigenvalue weighted by Gasteiger charge is -2.20. The number of hydrogen-bond acceptors (Lipinski definition) is 3. The van der Waals surface area contributed by atoms with Crippen LogP contribution in [-0.4, -0.2) is 13.7 Å². The molecule has 0 radical (unpaired) electrons. The van der Waals surface area contributed by atoms with Crippen molar-refractivity contribution in [2.45, 2.75) is 55.6 Å². The van der Waals surface area contributed by atoms with Gasteiger partial charge in [-0.1, -0.05) is 43.4 Å². The largest absolute Gasteiger partial charge is 0.222 e. The smallest absolute Gasteiger partial charge is 0.194 e. The maximum atomic E-state index is 12.7. The van der Waals surface area contributed by atoms with E-state index in [1.807, 2.05) is 6.92 Å². The number of nitriles is 1. The molecule has 0 spiro atoms. The number of sulfone groups is 1. The first-order chi connectivity index (χ1) is 9.55. The normalized spacial score (nSPS) is 19.0. The Morgan fingerprint density at radius 1 is 1.10 bits per heavy atom. The number of aryl methyl sites for hydroxylation is 1. The highest BCUT2D eigenvalue weighted by atomic mass is 32.2. The summed E-state index contributed by atoms with van der Waals surface area (Å²) >= 11 is 0. The van der Waals surface area contributed by atoms with Crippen molar-refractivity contribution in [1.82, 2.24) is 0 Å². The molecular weight excluding hydrogens is 270 g/mol. The van der Waals surface area contributed by atoms with Crippen molar-refractivity contribution < 1.29 is 8.42 Å². The molecule has 0 aliphatic heterocycles. The van der Waals surface area contributed by atoms with Gasteiger partial charge in [0.05, 0.1) is 11.0 Å². The van der Waals surface area contributed by atoms with Gasteiger partial charge in [-0.2, -0.15) is 5.26 Å². The van der Waals surface area contributed by atoms with Crippen molar-refractivity contribution in [3.63, 3.8) is 0 Å². The van der Waals surface area contributed by atoms with Crippen LogP contribution in [0.3, 0.4) is 0 Å². The minimum atomic E-state index is -3.54. The summed E-state index contributed by atoms with van der Waals surface area (Å²) in [5.74, 6) is -0.0196. The first kappa shape index (κ1) is 15.1.